The summed E-state index contributed by atoms with van der Waals surface area (Å²) in [6.07, 6.45) is 1.65. The molecule has 0 bridgehead atoms. The molecule has 0 aromatic heterocycles. The van der Waals surface area contributed by atoms with Gasteiger partial charge in [0.15, 0.2) is 0 Å². The lowest BCUT2D eigenvalue weighted by atomic mass is 9.87. The van der Waals surface area contributed by atoms with Crippen LogP contribution in [0.25, 0.3) is 0 Å². The van der Waals surface area contributed by atoms with Crippen LogP contribution in [-0.2, 0) is 10.0 Å². The molecule has 0 aliphatic carbocycles. The lowest BCUT2D eigenvalue weighted by molar-refractivity contribution is -0.0149. The van der Waals surface area contributed by atoms with E-state index in [0.29, 0.717) is 18.8 Å². The average molecular weight is 341 g/mol. The molecule has 0 amide bonds. The zero-order chi connectivity index (χ0) is 17.3. The van der Waals surface area contributed by atoms with Crippen LogP contribution in [0.1, 0.15) is 38.7 Å². The lowest BCUT2D eigenvalue weighted by Gasteiger charge is -2.33. The Kier molecular flexibility index (Phi) is 5.51. The van der Waals surface area contributed by atoms with Crippen LogP contribution in [-0.4, -0.2) is 47.7 Å². The summed E-state index contributed by atoms with van der Waals surface area (Å²) in [7, 11) is -3.71. The van der Waals surface area contributed by atoms with Gasteiger partial charge in [-0.05, 0) is 44.2 Å². The first-order valence-corrected chi connectivity index (χ1v) is 9.56. The number of sulfonamides is 1. The Bertz CT molecular complexity index is 626. The Morgan fingerprint density at radius 3 is 2.43 bits per heavy atom. The molecule has 23 heavy (non-hydrogen) atoms. The molecular formula is C17H27NO4S. The van der Waals surface area contributed by atoms with Gasteiger partial charge in [0.25, 0.3) is 0 Å². The third kappa shape index (κ3) is 3.76. The minimum atomic E-state index is -3.71. The number of rotatable bonds is 6. The molecule has 0 unspecified atom stereocenters. The Labute approximate surface area is 139 Å². The van der Waals surface area contributed by atoms with Crippen LogP contribution in [0.2, 0.25) is 0 Å². The largest absolute Gasteiger partial charge is 0.395 e. The number of aliphatic hydroxyl groups is 2. The summed E-state index contributed by atoms with van der Waals surface area (Å²) < 4.78 is 27.0. The molecule has 1 aliphatic heterocycles. The van der Waals surface area contributed by atoms with E-state index in [0.717, 1.165) is 12.0 Å². The minimum absolute atomic E-state index is 0.203. The van der Waals surface area contributed by atoms with Crippen molar-refractivity contribution in [3.05, 3.63) is 29.8 Å². The van der Waals surface area contributed by atoms with Gasteiger partial charge in [-0.25, -0.2) is 8.42 Å². The van der Waals surface area contributed by atoms with Crippen molar-refractivity contribution in [2.75, 3.05) is 13.2 Å². The van der Waals surface area contributed by atoms with Crippen molar-refractivity contribution in [3.63, 3.8) is 0 Å². The van der Waals surface area contributed by atoms with E-state index in [1.54, 1.807) is 24.3 Å². The van der Waals surface area contributed by atoms with Crippen LogP contribution < -0.4 is 0 Å². The molecule has 1 fully saturated rings. The SMILES string of the molecule is Cc1ccc(S(=O)(=O)N2CC[C@](O)(CCC(C)C)[C@H]2CO)cc1. The summed E-state index contributed by atoms with van der Waals surface area (Å²) in [6, 6.07) is 5.87. The molecule has 1 saturated heterocycles. The van der Waals surface area contributed by atoms with Crippen LogP contribution >= 0.6 is 0 Å². The fourth-order valence-corrected chi connectivity index (χ4v) is 4.80. The molecule has 1 aromatic carbocycles. The van der Waals surface area contributed by atoms with E-state index in [2.05, 4.69) is 13.8 Å². The van der Waals surface area contributed by atoms with Gasteiger partial charge in [0.1, 0.15) is 0 Å². The van der Waals surface area contributed by atoms with Crippen molar-refractivity contribution < 1.29 is 18.6 Å². The summed E-state index contributed by atoms with van der Waals surface area (Å²) >= 11 is 0. The molecule has 5 nitrogen and oxygen atoms in total. The maximum Gasteiger partial charge on any atom is 0.243 e. The van der Waals surface area contributed by atoms with Crippen molar-refractivity contribution in [2.45, 2.75) is 56.6 Å². The molecule has 6 heteroatoms. The quantitative estimate of drug-likeness (QED) is 0.829. The summed E-state index contributed by atoms with van der Waals surface area (Å²) in [5.74, 6) is 0.418. The van der Waals surface area contributed by atoms with Gasteiger partial charge in [-0.1, -0.05) is 31.5 Å². The van der Waals surface area contributed by atoms with E-state index in [1.807, 2.05) is 6.92 Å². The number of aliphatic hydroxyl groups excluding tert-OH is 1. The highest BCUT2D eigenvalue weighted by Gasteiger charge is 2.50. The third-order valence-electron chi connectivity index (χ3n) is 4.69. The predicted molar refractivity (Wildman–Crippen MR) is 89.6 cm³/mol. The normalized spacial score (nSPS) is 26.1. The zero-order valence-corrected chi connectivity index (χ0v) is 14.9. The highest BCUT2D eigenvalue weighted by atomic mass is 32.2. The highest BCUT2D eigenvalue weighted by molar-refractivity contribution is 7.89. The molecule has 1 aromatic rings. The maximum absolute atomic E-state index is 12.8. The Balaban J connectivity index is 2.27. The summed E-state index contributed by atoms with van der Waals surface area (Å²) in [5, 5.41) is 20.6. The molecule has 2 atom stereocenters. The summed E-state index contributed by atoms with van der Waals surface area (Å²) in [4.78, 5) is 0.203. The zero-order valence-electron chi connectivity index (χ0n) is 14.1. The van der Waals surface area contributed by atoms with Gasteiger partial charge in [0.2, 0.25) is 10.0 Å². The van der Waals surface area contributed by atoms with Crippen molar-refractivity contribution in [1.82, 2.24) is 4.31 Å². The van der Waals surface area contributed by atoms with Crippen LogP contribution in [0.4, 0.5) is 0 Å². The lowest BCUT2D eigenvalue weighted by Crippen LogP contribution is -2.49. The van der Waals surface area contributed by atoms with Crippen LogP contribution in [0.15, 0.2) is 29.2 Å². The van der Waals surface area contributed by atoms with Crippen molar-refractivity contribution >= 4 is 10.0 Å². The Hall–Kier alpha value is -0.950. The second-order valence-electron chi connectivity index (χ2n) is 6.91. The first kappa shape index (κ1) is 18.4. The van der Waals surface area contributed by atoms with E-state index < -0.39 is 21.7 Å². The first-order chi connectivity index (χ1) is 10.7. The van der Waals surface area contributed by atoms with E-state index in [-0.39, 0.29) is 18.0 Å². The van der Waals surface area contributed by atoms with Gasteiger partial charge in [0.05, 0.1) is 23.1 Å². The molecule has 1 aliphatic rings. The van der Waals surface area contributed by atoms with E-state index in [9.17, 15) is 18.6 Å². The number of benzene rings is 1. The average Bonchev–Trinajstić information content (AvgIpc) is 2.83. The molecule has 0 saturated carbocycles. The number of aryl methyl sites for hydroxylation is 1. The molecule has 2 N–H and O–H groups in total. The second kappa shape index (κ2) is 6.89. The monoisotopic (exact) mass is 341 g/mol. The maximum atomic E-state index is 12.8. The van der Waals surface area contributed by atoms with Gasteiger partial charge < -0.3 is 10.2 Å². The van der Waals surface area contributed by atoms with E-state index in [1.165, 1.54) is 4.31 Å². The van der Waals surface area contributed by atoms with Gasteiger partial charge >= 0.3 is 0 Å². The fourth-order valence-electron chi connectivity index (χ4n) is 3.12. The Morgan fingerprint density at radius 1 is 1.30 bits per heavy atom. The number of hydrogen-bond acceptors (Lipinski definition) is 4. The third-order valence-corrected chi connectivity index (χ3v) is 6.61. The molecule has 0 spiro atoms. The topological polar surface area (TPSA) is 77.8 Å². The van der Waals surface area contributed by atoms with Crippen molar-refractivity contribution in [1.29, 1.82) is 0 Å². The Morgan fingerprint density at radius 2 is 1.91 bits per heavy atom. The smallest absolute Gasteiger partial charge is 0.243 e. The standard InChI is InChI=1S/C17H27NO4S/c1-13(2)8-9-17(20)10-11-18(16(17)12-19)23(21,22)15-6-4-14(3)5-7-15/h4-7,13,16,19-20H,8-12H2,1-3H3/t16-,17-/m1/s1. The van der Waals surface area contributed by atoms with E-state index in [4.69, 9.17) is 0 Å². The fraction of sp³-hybridized carbons (Fsp3) is 0.647. The summed E-state index contributed by atoms with van der Waals surface area (Å²) in [6.45, 7) is 5.88. The minimum Gasteiger partial charge on any atom is -0.395 e. The van der Waals surface area contributed by atoms with Gasteiger partial charge in [-0.2, -0.15) is 4.31 Å². The second-order valence-corrected chi connectivity index (χ2v) is 8.80. The van der Waals surface area contributed by atoms with Crippen LogP contribution in [0.5, 0.6) is 0 Å². The van der Waals surface area contributed by atoms with Crippen LogP contribution in [0, 0.1) is 12.8 Å². The van der Waals surface area contributed by atoms with Gasteiger partial charge in [0, 0.05) is 6.54 Å². The van der Waals surface area contributed by atoms with E-state index >= 15 is 0 Å². The number of hydrogen-bond donors (Lipinski definition) is 2. The molecule has 130 valence electrons. The molecule has 1 heterocycles. The van der Waals surface area contributed by atoms with Crippen molar-refractivity contribution in [3.8, 4) is 0 Å². The van der Waals surface area contributed by atoms with Crippen LogP contribution in [0.3, 0.4) is 0 Å². The highest BCUT2D eigenvalue weighted by Crippen LogP contribution is 2.37. The predicted octanol–water partition coefficient (Wildman–Crippen LogP) is 1.92. The molecule has 2 rings (SSSR count). The molecular weight excluding hydrogens is 314 g/mol. The molecule has 0 radical (unpaired) electrons. The first-order valence-electron chi connectivity index (χ1n) is 8.12. The van der Waals surface area contributed by atoms with Crippen molar-refractivity contribution in [2.24, 2.45) is 5.92 Å². The van der Waals surface area contributed by atoms with Gasteiger partial charge in [-0.3, -0.25) is 0 Å². The number of nitrogens with zero attached hydrogens (tertiary/aromatic N) is 1. The summed E-state index contributed by atoms with van der Waals surface area (Å²) in [5.41, 5.74) is -0.172. The van der Waals surface area contributed by atoms with Gasteiger partial charge in [-0.15, -0.1) is 0 Å².